The number of nitrogens with one attached hydrogen (secondary N) is 1. The quantitative estimate of drug-likeness (QED) is 0.357. The number of aromatic amines is 1. The van der Waals surface area contributed by atoms with Gasteiger partial charge in [0.15, 0.2) is 0 Å². The molecule has 0 aliphatic rings. The number of pyridine rings is 2. The lowest BCUT2D eigenvalue weighted by Crippen LogP contribution is -1.94. The smallest absolute Gasteiger partial charge is 0.139 e. The minimum absolute atomic E-state index is 0.264. The molecule has 0 amide bonds. The van der Waals surface area contributed by atoms with E-state index in [0.29, 0.717) is 17.1 Å². The highest BCUT2D eigenvalue weighted by molar-refractivity contribution is 5.94. The maximum absolute atomic E-state index is 15.0. The van der Waals surface area contributed by atoms with E-state index in [9.17, 15) is 4.39 Å². The van der Waals surface area contributed by atoms with Crippen molar-refractivity contribution in [2.75, 3.05) is 0 Å². The molecule has 4 heterocycles. The van der Waals surface area contributed by atoms with E-state index in [1.54, 1.807) is 0 Å². The Labute approximate surface area is 180 Å². The molecule has 5 rings (SSSR count). The molecule has 0 fully saturated rings. The second-order valence-electron chi connectivity index (χ2n) is 8.65. The topological polar surface area (TPSA) is 46.0 Å². The fourth-order valence-electron chi connectivity index (χ4n) is 4.54. The van der Waals surface area contributed by atoms with E-state index in [-0.39, 0.29) is 5.82 Å². The molecule has 1 aromatic carbocycles. The number of aromatic nitrogens is 4. The zero-order valence-electron chi connectivity index (χ0n) is 18.4. The van der Waals surface area contributed by atoms with Gasteiger partial charge in [0, 0.05) is 51.9 Å². The summed E-state index contributed by atoms with van der Waals surface area (Å²) in [5.41, 5.74) is 9.43. The number of H-pyrrole nitrogens is 1. The maximum atomic E-state index is 15.0. The number of aryl methyl sites for hydroxylation is 3. The Morgan fingerprint density at radius 2 is 1.61 bits per heavy atom. The predicted molar refractivity (Wildman–Crippen MR) is 124 cm³/mol. The Balaban J connectivity index is 1.73. The first-order valence-corrected chi connectivity index (χ1v) is 10.6. The highest BCUT2D eigenvalue weighted by atomic mass is 19.1. The van der Waals surface area contributed by atoms with Crippen LogP contribution in [0.15, 0.2) is 48.8 Å². The average molecular weight is 413 g/mol. The Morgan fingerprint density at radius 1 is 0.871 bits per heavy atom. The van der Waals surface area contributed by atoms with E-state index in [1.807, 2.05) is 49.7 Å². The van der Waals surface area contributed by atoms with E-state index in [1.165, 1.54) is 11.6 Å². The third-order valence-corrected chi connectivity index (χ3v) is 5.76. The van der Waals surface area contributed by atoms with Crippen molar-refractivity contribution < 1.29 is 4.39 Å². The monoisotopic (exact) mass is 412 g/mol. The molecule has 0 spiro atoms. The number of fused-ring (bicyclic) bond motifs is 2. The summed E-state index contributed by atoms with van der Waals surface area (Å²) in [6.45, 7) is 10.3. The Bertz CT molecular complexity index is 1440. The molecule has 0 aliphatic carbocycles. The third-order valence-electron chi connectivity index (χ3n) is 5.76. The first-order chi connectivity index (χ1) is 14.8. The molecule has 0 saturated heterocycles. The van der Waals surface area contributed by atoms with Crippen LogP contribution >= 0.6 is 0 Å². The van der Waals surface area contributed by atoms with Gasteiger partial charge in [-0.3, -0.25) is 4.98 Å². The zero-order chi connectivity index (χ0) is 21.9. The largest absolute Gasteiger partial charge is 0.354 e. The van der Waals surface area contributed by atoms with E-state index < -0.39 is 0 Å². The van der Waals surface area contributed by atoms with Gasteiger partial charge in [-0.1, -0.05) is 19.9 Å². The van der Waals surface area contributed by atoms with E-state index in [2.05, 4.69) is 47.0 Å². The van der Waals surface area contributed by atoms with Gasteiger partial charge in [0.05, 0.1) is 11.4 Å². The molecular formula is C26H25FN4. The van der Waals surface area contributed by atoms with E-state index in [4.69, 9.17) is 0 Å². The van der Waals surface area contributed by atoms with Gasteiger partial charge < -0.3 is 9.38 Å². The maximum Gasteiger partial charge on any atom is 0.139 e. The minimum Gasteiger partial charge on any atom is -0.354 e. The molecule has 0 radical (unpaired) electrons. The number of hydrogen-bond acceptors (Lipinski definition) is 2. The molecule has 0 atom stereocenters. The van der Waals surface area contributed by atoms with Gasteiger partial charge in [-0.15, -0.1) is 0 Å². The van der Waals surface area contributed by atoms with Crippen LogP contribution in [0.1, 0.15) is 42.4 Å². The minimum atomic E-state index is -0.264. The van der Waals surface area contributed by atoms with Gasteiger partial charge in [-0.25, -0.2) is 9.37 Å². The number of imidazole rings is 1. The fraction of sp³-hybridized carbons (Fsp3) is 0.231. The molecule has 0 unspecified atom stereocenters. The van der Waals surface area contributed by atoms with Crippen molar-refractivity contribution in [1.82, 2.24) is 19.4 Å². The third kappa shape index (κ3) is 3.30. The Morgan fingerprint density at radius 3 is 2.32 bits per heavy atom. The van der Waals surface area contributed by atoms with Crippen LogP contribution in [0, 0.1) is 26.6 Å². The van der Waals surface area contributed by atoms with Crippen LogP contribution in [0.3, 0.4) is 0 Å². The van der Waals surface area contributed by atoms with Crippen LogP contribution in [-0.2, 0) is 0 Å². The van der Waals surface area contributed by atoms with Gasteiger partial charge in [-0.05, 0) is 62.1 Å². The van der Waals surface area contributed by atoms with Gasteiger partial charge >= 0.3 is 0 Å². The van der Waals surface area contributed by atoms with E-state index >= 15 is 0 Å². The molecule has 0 aliphatic heterocycles. The van der Waals surface area contributed by atoms with Crippen LogP contribution in [0.5, 0.6) is 0 Å². The first kappa shape index (κ1) is 19.5. The number of nitrogens with zero attached hydrogens (tertiary/aromatic N) is 3. The van der Waals surface area contributed by atoms with Crippen LogP contribution < -0.4 is 0 Å². The zero-order valence-corrected chi connectivity index (χ0v) is 18.4. The average Bonchev–Trinajstić information content (AvgIpc) is 3.25. The summed E-state index contributed by atoms with van der Waals surface area (Å²) >= 11 is 0. The second-order valence-corrected chi connectivity index (χ2v) is 8.65. The number of benzene rings is 1. The lowest BCUT2D eigenvalue weighted by molar-refractivity contribution is 0.630. The molecule has 0 saturated carbocycles. The van der Waals surface area contributed by atoms with E-state index in [0.717, 1.165) is 44.8 Å². The fourth-order valence-corrected chi connectivity index (χ4v) is 4.54. The molecule has 1 N–H and O–H groups in total. The summed E-state index contributed by atoms with van der Waals surface area (Å²) in [6.07, 6.45) is 3.74. The highest BCUT2D eigenvalue weighted by Gasteiger charge is 2.18. The van der Waals surface area contributed by atoms with Gasteiger partial charge in [0.25, 0.3) is 0 Å². The van der Waals surface area contributed by atoms with Crippen molar-refractivity contribution in [2.24, 2.45) is 0 Å². The van der Waals surface area contributed by atoms with Crippen molar-refractivity contribution in [3.8, 4) is 22.4 Å². The summed E-state index contributed by atoms with van der Waals surface area (Å²) in [6, 6.07) is 11.8. The molecular weight excluding hydrogens is 387 g/mol. The molecule has 5 aromatic rings. The molecule has 4 aromatic heterocycles. The van der Waals surface area contributed by atoms with Crippen LogP contribution in [-0.4, -0.2) is 19.4 Å². The highest BCUT2D eigenvalue weighted by Crippen LogP contribution is 2.38. The summed E-state index contributed by atoms with van der Waals surface area (Å²) < 4.78 is 16.8. The van der Waals surface area contributed by atoms with Crippen molar-refractivity contribution in [1.29, 1.82) is 0 Å². The Kier molecular flexibility index (Phi) is 4.43. The second kappa shape index (κ2) is 7.05. The van der Waals surface area contributed by atoms with Gasteiger partial charge in [-0.2, -0.15) is 0 Å². The lowest BCUT2D eigenvalue weighted by atomic mass is 9.94. The number of hydrogen-bond donors (Lipinski definition) is 1. The number of halogens is 1. The van der Waals surface area contributed by atoms with Crippen LogP contribution in [0.25, 0.3) is 38.9 Å². The molecule has 0 bridgehead atoms. The van der Waals surface area contributed by atoms with Crippen molar-refractivity contribution >= 4 is 16.6 Å². The molecule has 31 heavy (non-hydrogen) atoms. The number of rotatable bonds is 3. The van der Waals surface area contributed by atoms with Crippen molar-refractivity contribution in [2.45, 2.75) is 40.5 Å². The first-order valence-electron chi connectivity index (χ1n) is 10.6. The lowest BCUT2D eigenvalue weighted by Gasteiger charge is -2.11. The SMILES string of the molecule is Cc1cc(-c2[nH]c3ccc(-c4cn5cc(C)nc5cc4F)cc3c2C(C)C)cc(C)n1. The normalized spacial score (nSPS) is 11.8. The summed E-state index contributed by atoms with van der Waals surface area (Å²) in [4.78, 5) is 12.5. The summed E-state index contributed by atoms with van der Waals surface area (Å²) in [5, 5.41) is 1.12. The van der Waals surface area contributed by atoms with Gasteiger partial charge in [0.1, 0.15) is 11.5 Å². The summed E-state index contributed by atoms with van der Waals surface area (Å²) in [5.74, 6) is 0.0380. The molecule has 156 valence electrons. The van der Waals surface area contributed by atoms with Crippen molar-refractivity contribution in [3.05, 3.63) is 77.3 Å². The Hall–Kier alpha value is -3.47. The van der Waals surface area contributed by atoms with Gasteiger partial charge in [0.2, 0.25) is 0 Å². The van der Waals surface area contributed by atoms with Crippen molar-refractivity contribution in [3.63, 3.8) is 0 Å². The molecule has 4 nitrogen and oxygen atoms in total. The van der Waals surface area contributed by atoms with Crippen LogP contribution in [0.4, 0.5) is 4.39 Å². The standard InChI is InChI=1S/C26H25FN4/c1-14(2)25-20-10-18(21-13-31-12-17(5)29-24(31)11-22(21)27)6-7-23(20)30-26(25)19-8-15(3)28-16(4)9-19/h6-14,30H,1-5H3. The molecule has 5 heteroatoms. The van der Waals surface area contributed by atoms with Crippen LogP contribution in [0.2, 0.25) is 0 Å². The predicted octanol–water partition coefficient (Wildman–Crippen LogP) is 6.73. The summed E-state index contributed by atoms with van der Waals surface area (Å²) in [7, 11) is 0.